The van der Waals surface area contributed by atoms with E-state index in [2.05, 4.69) is 213 Å². The van der Waals surface area contributed by atoms with Crippen LogP contribution in [0.4, 0.5) is 17.1 Å². The quantitative estimate of drug-likeness (QED) is 0.166. The molecule has 1 aliphatic heterocycles. The van der Waals surface area contributed by atoms with E-state index in [1.54, 1.807) is 0 Å². The van der Waals surface area contributed by atoms with Crippen molar-refractivity contribution in [2.24, 2.45) is 0 Å². The highest BCUT2D eigenvalue weighted by Crippen LogP contribution is 2.51. The Bertz CT molecular complexity index is 3320. The van der Waals surface area contributed by atoms with Crippen molar-refractivity contribution < 1.29 is 4.74 Å². The number of para-hydroxylation sites is 1. The molecule has 0 fully saturated rings. The molecular formula is C58H41NOS. The van der Waals surface area contributed by atoms with Crippen LogP contribution in [0, 0.1) is 0 Å². The van der Waals surface area contributed by atoms with E-state index in [0.717, 1.165) is 28.4 Å². The van der Waals surface area contributed by atoms with Gasteiger partial charge in [-0.25, -0.2) is 0 Å². The fraction of sp³-hybridized carbons (Fsp3) is 0.0690. The summed E-state index contributed by atoms with van der Waals surface area (Å²) in [6.45, 7) is 5.27. The fourth-order valence-corrected chi connectivity index (χ4v) is 11.0. The smallest absolute Gasteiger partial charge is 0.127 e. The van der Waals surface area contributed by atoms with Gasteiger partial charge in [0.1, 0.15) is 12.4 Å². The van der Waals surface area contributed by atoms with E-state index >= 15 is 0 Å². The van der Waals surface area contributed by atoms with E-state index in [1.807, 2.05) is 17.4 Å². The lowest BCUT2D eigenvalue weighted by molar-refractivity contribution is 0.302. The minimum Gasteiger partial charge on any atom is -0.488 e. The first-order valence-corrected chi connectivity index (χ1v) is 21.9. The lowest BCUT2D eigenvalue weighted by Crippen LogP contribution is -2.16. The van der Waals surface area contributed by atoms with Gasteiger partial charge in [0, 0.05) is 48.2 Å². The van der Waals surface area contributed by atoms with E-state index in [0.29, 0.717) is 6.61 Å². The topological polar surface area (TPSA) is 12.5 Å². The van der Waals surface area contributed by atoms with Crippen molar-refractivity contribution in [3.05, 3.63) is 217 Å². The highest BCUT2D eigenvalue weighted by atomic mass is 32.1. The maximum absolute atomic E-state index is 6.26. The van der Waals surface area contributed by atoms with E-state index in [1.165, 1.54) is 86.9 Å². The van der Waals surface area contributed by atoms with Crippen molar-refractivity contribution >= 4 is 48.6 Å². The second kappa shape index (κ2) is 13.9. The molecule has 10 aromatic rings. The summed E-state index contributed by atoms with van der Waals surface area (Å²) >= 11 is 1.87. The van der Waals surface area contributed by atoms with Crippen molar-refractivity contribution in [1.29, 1.82) is 0 Å². The minimum atomic E-state index is -0.109. The summed E-state index contributed by atoms with van der Waals surface area (Å²) in [4.78, 5) is 2.41. The Hall–Kier alpha value is -7.20. The molecule has 0 atom stereocenters. The first-order chi connectivity index (χ1) is 30.0. The van der Waals surface area contributed by atoms with Gasteiger partial charge >= 0.3 is 0 Å². The van der Waals surface area contributed by atoms with Crippen LogP contribution in [0.1, 0.15) is 30.5 Å². The van der Waals surface area contributed by atoms with Gasteiger partial charge in [-0.05, 0) is 133 Å². The number of hydrogen-bond acceptors (Lipinski definition) is 3. The molecule has 61 heavy (non-hydrogen) atoms. The number of ether oxygens (including phenoxy) is 1. The minimum absolute atomic E-state index is 0.109. The highest BCUT2D eigenvalue weighted by Gasteiger charge is 2.35. The summed E-state index contributed by atoms with van der Waals surface area (Å²) in [7, 11) is 0. The number of benzene rings is 9. The third-order valence-electron chi connectivity index (χ3n) is 13.0. The highest BCUT2D eigenvalue weighted by molar-refractivity contribution is 7.25. The normalized spacial score (nSPS) is 13.3. The van der Waals surface area contributed by atoms with Crippen LogP contribution in [0.3, 0.4) is 0 Å². The molecule has 2 nitrogen and oxygen atoms in total. The molecule has 2 aliphatic rings. The maximum atomic E-state index is 6.26. The second-order valence-corrected chi connectivity index (χ2v) is 17.9. The number of anilines is 3. The number of fused-ring (bicyclic) bond motifs is 9. The third-order valence-corrected chi connectivity index (χ3v) is 14.1. The number of nitrogens with zero attached hydrogens (tertiary/aromatic N) is 1. The van der Waals surface area contributed by atoms with Gasteiger partial charge in [0.05, 0.1) is 0 Å². The SMILES string of the molecule is CC1(C)c2ccccc2-c2ccc(N(c3ccc(-c4ccccc4)cc3)c3ccc(-c4cc5sc6ccccc6c5cc4-c4ccc5c(c4)COc4ccccc4-5)cc3)cc21. The number of thiophene rings is 1. The second-order valence-electron chi connectivity index (χ2n) is 16.8. The first-order valence-electron chi connectivity index (χ1n) is 21.1. The third kappa shape index (κ3) is 5.84. The summed E-state index contributed by atoms with van der Waals surface area (Å²) in [5.41, 5.74) is 19.5. The van der Waals surface area contributed by atoms with E-state index < -0.39 is 0 Å². The zero-order chi connectivity index (χ0) is 40.7. The van der Waals surface area contributed by atoms with Crippen molar-refractivity contribution in [2.45, 2.75) is 25.9 Å². The van der Waals surface area contributed by atoms with Crippen LogP contribution in [0.5, 0.6) is 5.75 Å². The molecule has 0 N–H and O–H groups in total. The van der Waals surface area contributed by atoms with Crippen LogP contribution in [0.25, 0.3) is 75.8 Å². The lowest BCUT2D eigenvalue weighted by Gasteiger charge is -2.28. The van der Waals surface area contributed by atoms with Crippen LogP contribution < -0.4 is 9.64 Å². The van der Waals surface area contributed by atoms with E-state index in [9.17, 15) is 0 Å². The van der Waals surface area contributed by atoms with Crippen LogP contribution >= 0.6 is 11.3 Å². The summed E-state index contributed by atoms with van der Waals surface area (Å²) in [5, 5.41) is 2.59. The maximum Gasteiger partial charge on any atom is 0.127 e. The Balaban J connectivity index is 0.992. The monoisotopic (exact) mass is 799 g/mol. The zero-order valence-electron chi connectivity index (χ0n) is 34.0. The van der Waals surface area contributed by atoms with Gasteiger partial charge in [0.15, 0.2) is 0 Å². The van der Waals surface area contributed by atoms with Gasteiger partial charge in [-0.3, -0.25) is 0 Å². The molecule has 0 saturated heterocycles. The molecule has 0 spiro atoms. The van der Waals surface area contributed by atoms with Crippen molar-refractivity contribution in [1.82, 2.24) is 0 Å². The van der Waals surface area contributed by atoms with Gasteiger partial charge in [-0.15, -0.1) is 11.3 Å². The molecule has 0 amide bonds. The van der Waals surface area contributed by atoms with E-state index in [-0.39, 0.29) is 5.41 Å². The van der Waals surface area contributed by atoms with Gasteiger partial charge in [-0.1, -0.05) is 147 Å². The van der Waals surface area contributed by atoms with Crippen LogP contribution in [-0.4, -0.2) is 0 Å². The Morgan fingerprint density at radius 3 is 1.84 bits per heavy atom. The Labute approximate surface area is 360 Å². The summed E-state index contributed by atoms with van der Waals surface area (Å²) < 4.78 is 8.86. The average molecular weight is 800 g/mol. The Morgan fingerprint density at radius 2 is 1.02 bits per heavy atom. The molecule has 3 heteroatoms. The largest absolute Gasteiger partial charge is 0.488 e. The van der Waals surface area contributed by atoms with Crippen LogP contribution in [-0.2, 0) is 12.0 Å². The van der Waals surface area contributed by atoms with Crippen molar-refractivity contribution in [3.63, 3.8) is 0 Å². The molecule has 1 aromatic heterocycles. The Morgan fingerprint density at radius 1 is 0.410 bits per heavy atom. The predicted molar refractivity (Wildman–Crippen MR) is 258 cm³/mol. The van der Waals surface area contributed by atoms with Crippen LogP contribution in [0.2, 0.25) is 0 Å². The number of rotatable bonds is 6. The summed E-state index contributed by atoms with van der Waals surface area (Å²) in [6.07, 6.45) is 0. The average Bonchev–Trinajstić information content (AvgIpc) is 3.80. The molecule has 0 unspecified atom stereocenters. The van der Waals surface area contributed by atoms with Crippen molar-refractivity contribution in [3.8, 4) is 61.4 Å². The summed E-state index contributed by atoms with van der Waals surface area (Å²) in [5.74, 6) is 0.949. The van der Waals surface area contributed by atoms with Gasteiger partial charge in [-0.2, -0.15) is 0 Å². The van der Waals surface area contributed by atoms with Crippen LogP contribution in [0.15, 0.2) is 200 Å². The predicted octanol–water partition coefficient (Wildman–Crippen LogP) is 16.4. The standard InChI is InChI=1S/C58H41NOS/c1-58(2)53-17-9-6-14-46(53)47-31-29-44(33-54(47)58)59(42-25-20-38(21-26-42)37-12-4-3-5-13-37)43-27-22-39(23-28-43)51-35-57-52(49-16-8-11-19-56(49)61-57)34-50(51)40-24-30-45-41(32-40)36-60-55-18-10-7-15-48(45)55/h3-35H,36H2,1-2H3. The summed E-state index contributed by atoms with van der Waals surface area (Å²) in [6, 6.07) is 73.6. The molecule has 9 aromatic carbocycles. The molecule has 1 aliphatic carbocycles. The Kier molecular flexibility index (Phi) is 8.16. The first kappa shape index (κ1) is 35.7. The molecule has 2 heterocycles. The van der Waals surface area contributed by atoms with Gasteiger partial charge in [0.25, 0.3) is 0 Å². The van der Waals surface area contributed by atoms with Gasteiger partial charge in [0.2, 0.25) is 0 Å². The fourth-order valence-electron chi connectivity index (χ4n) is 9.87. The zero-order valence-corrected chi connectivity index (χ0v) is 34.8. The molecule has 0 saturated carbocycles. The lowest BCUT2D eigenvalue weighted by atomic mass is 9.82. The molecule has 12 rings (SSSR count). The van der Waals surface area contributed by atoms with Gasteiger partial charge < -0.3 is 9.64 Å². The molecule has 290 valence electrons. The van der Waals surface area contributed by atoms with Crippen molar-refractivity contribution in [2.75, 3.05) is 4.90 Å². The molecule has 0 bridgehead atoms. The molecule has 0 radical (unpaired) electrons. The van der Waals surface area contributed by atoms with E-state index in [4.69, 9.17) is 4.74 Å². The number of hydrogen-bond donors (Lipinski definition) is 0. The molecular weight excluding hydrogens is 759 g/mol.